The largest absolute Gasteiger partial charge is 1.00 e. The van der Waals surface area contributed by atoms with Crippen molar-refractivity contribution < 1.29 is 22.0 Å². The predicted octanol–water partition coefficient (Wildman–Crippen LogP) is -2.18. The van der Waals surface area contributed by atoms with E-state index in [-0.39, 0.29) is 24.8 Å². The van der Waals surface area contributed by atoms with Gasteiger partial charge in [-0.1, -0.05) is 0 Å². The van der Waals surface area contributed by atoms with E-state index < -0.39 is 0 Å². The minimum absolute atomic E-state index is 0. The maximum Gasteiger partial charge on any atom is 0.0792 e. The third-order valence-electron chi connectivity index (χ3n) is 2.07. The fourth-order valence-electron chi connectivity index (χ4n) is 1.27. The van der Waals surface area contributed by atoms with Gasteiger partial charge in [-0.3, -0.25) is 0 Å². The van der Waals surface area contributed by atoms with Crippen molar-refractivity contribution in [3.63, 3.8) is 0 Å². The lowest BCUT2D eigenvalue weighted by Gasteiger charge is -2.25. The van der Waals surface area contributed by atoms with E-state index in [1.807, 2.05) is 0 Å². The lowest BCUT2D eigenvalue weighted by atomic mass is 10.3. The number of halogens is 2. The van der Waals surface area contributed by atoms with E-state index in [4.69, 9.17) is 5.11 Å². The van der Waals surface area contributed by atoms with Gasteiger partial charge in [0.2, 0.25) is 0 Å². The minimum Gasteiger partial charge on any atom is -1.00 e. The van der Waals surface area contributed by atoms with E-state index >= 15 is 0 Å². The first kappa shape index (κ1) is 20.8. The number of aliphatic hydroxyl groups excluding tert-OH is 1. The van der Waals surface area contributed by atoms with Crippen LogP contribution in [0.4, 0.5) is 0 Å². The van der Waals surface area contributed by atoms with Crippen molar-refractivity contribution in [2.24, 2.45) is 0 Å². The van der Waals surface area contributed by atoms with Crippen LogP contribution in [0.5, 0.6) is 0 Å². The summed E-state index contributed by atoms with van der Waals surface area (Å²) < 4.78 is 1.04. The highest BCUT2D eigenvalue weighted by atomic mass is 35.5. The van der Waals surface area contributed by atoms with E-state index in [0.29, 0.717) is 6.61 Å². The SMILES string of the molecule is CN(CCCO)CCC[N+](C)(C)C.Cl.[Cl-]. The standard InChI is InChI=1S/C10H25N2O.2ClH/c1-11(8-6-10-13)7-5-9-12(2,3)4;;/h13H,5-10H2,1-4H3;2*1H/q+1;;/p-1. The molecule has 0 aromatic rings. The maximum absolute atomic E-state index is 8.64. The Hall–Kier alpha value is 0.460. The number of nitrogens with zero attached hydrogens (tertiary/aromatic N) is 2. The normalized spacial score (nSPS) is 10.8. The van der Waals surface area contributed by atoms with E-state index in [9.17, 15) is 0 Å². The van der Waals surface area contributed by atoms with Gasteiger partial charge in [-0.2, -0.15) is 0 Å². The quantitative estimate of drug-likeness (QED) is 0.527. The van der Waals surface area contributed by atoms with Crippen LogP contribution >= 0.6 is 12.4 Å². The Balaban J connectivity index is -0.000000720. The summed E-state index contributed by atoms with van der Waals surface area (Å²) in [5, 5.41) is 8.64. The topological polar surface area (TPSA) is 23.5 Å². The molecule has 0 unspecified atom stereocenters. The van der Waals surface area contributed by atoms with E-state index in [0.717, 1.165) is 24.0 Å². The molecule has 0 fully saturated rings. The van der Waals surface area contributed by atoms with Crippen LogP contribution < -0.4 is 12.4 Å². The van der Waals surface area contributed by atoms with Gasteiger partial charge in [-0.15, -0.1) is 12.4 Å². The van der Waals surface area contributed by atoms with Gasteiger partial charge in [0.1, 0.15) is 0 Å². The Labute approximate surface area is 107 Å². The van der Waals surface area contributed by atoms with E-state index in [1.165, 1.54) is 13.0 Å². The summed E-state index contributed by atoms with van der Waals surface area (Å²) in [7, 11) is 8.76. The molecule has 0 atom stereocenters. The molecule has 1 N–H and O–H groups in total. The van der Waals surface area contributed by atoms with Crippen LogP contribution in [0.25, 0.3) is 0 Å². The number of quaternary nitrogens is 1. The van der Waals surface area contributed by atoms with Gasteiger partial charge in [-0.05, 0) is 13.5 Å². The molecule has 0 saturated heterocycles. The second-order valence-corrected chi connectivity index (χ2v) is 4.75. The summed E-state index contributed by atoms with van der Waals surface area (Å²) in [5.74, 6) is 0. The van der Waals surface area contributed by atoms with Crippen LogP contribution in [0, 0.1) is 0 Å². The molecule has 0 bridgehead atoms. The zero-order valence-corrected chi connectivity index (χ0v) is 11.9. The Kier molecular flexibility index (Phi) is 15.2. The van der Waals surface area contributed by atoms with Gasteiger partial charge in [0, 0.05) is 26.1 Å². The summed E-state index contributed by atoms with van der Waals surface area (Å²) in [6.07, 6.45) is 2.12. The molecular formula is C10H26Cl2N2O. The first-order valence-electron chi connectivity index (χ1n) is 5.05. The minimum atomic E-state index is 0. The second kappa shape index (κ2) is 11.0. The predicted molar refractivity (Wildman–Crippen MR) is 64.0 cm³/mol. The highest BCUT2D eigenvalue weighted by molar-refractivity contribution is 5.85. The van der Waals surface area contributed by atoms with Crippen LogP contribution in [0.1, 0.15) is 12.8 Å². The molecule has 0 aliphatic carbocycles. The summed E-state index contributed by atoms with van der Waals surface area (Å²) in [6, 6.07) is 0. The third-order valence-corrected chi connectivity index (χ3v) is 2.07. The average molecular weight is 261 g/mol. The van der Waals surface area contributed by atoms with Gasteiger partial charge >= 0.3 is 0 Å². The first-order valence-corrected chi connectivity index (χ1v) is 5.05. The summed E-state index contributed by atoms with van der Waals surface area (Å²) in [4.78, 5) is 2.28. The molecule has 15 heavy (non-hydrogen) atoms. The molecule has 0 rings (SSSR count). The summed E-state index contributed by atoms with van der Waals surface area (Å²) in [5.41, 5.74) is 0. The molecule has 96 valence electrons. The van der Waals surface area contributed by atoms with Crippen LogP contribution in [0.15, 0.2) is 0 Å². The smallest absolute Gasteiger partial charge is 0.0792 e. The van der Waals surface area contributed by atoms with Crippen LogP contribution in [-0.4, -0.2) is 68.9 Å². The van der Waals surface area contributed by atoms with Gasteiger partial charge in [-0.25, -0.2) is 0 Å². The summed E-state index contributed by atoms with van der Waals surface area (Å²) in [6.45, 7) is 3.66. The second-order valence-electron chi connectivity index (χ2n) is 4.75. The third kappa shape index (κ3) is 17.1. The monoisotopic (exact) mass is 260 g/mol. The summed E-state index contributed by atoms with van der Waals surface area (Å²) >= 11 is 0. The number of hydrogen-bond donors (Lipinski definition) is 1. The Morgan fingerprint density at radius 2 is 1.53 bits per heavy atom. The molecule has 0 amide bonds. The van der Waals surface area contributed by atoms with Crippen LogP contribution in [0.3, 0.4) is 0 Å². The van der Waals surface area contributed by atoms with Gasteiger partial charge in [0.05, 0.1) is 27.7 Å². The molecule has 0 aliphatic heterocycles. The Morgan fingerprint density at radius 1 is 1.07 bits per heavy atom. The molecule has 0 radical (unpaired) electrons. The molecule has 5 heteroatoms. The molecule has 3 nitrogen and oxygen atoms in total. The van der Waals surface area contributed by atoms with Crippen molar-refractivity contribution in [1.82, 2.24) is 4.90 Å². The maximum atomic E-state index is 8.64. The van der Waals surface area contributed by atoms with Crippen molar-refractivity contribution in [2.45, 2.75) is 12.8 Å². The number of hydrogen-bond acceptors (Lipinski definition) is 2. The molecule has 0 aromatic heterocycles. The zero-order chi connectivity index (χ0) is 10.3. The van der Waals surface area contributed by atoms with Crippen molar-refractivity contribution in [3.05, 3.63) is 0 Å². The van der Waals surface area contributed by atoms with Gasteiger partial charge < -0.3 is 26.9 Å². The first-order chi connectivity index (χ1) is 5.95. The Morgan fingerprint density at radius 3 is 1.93 bits per heavy atom. The Bertz CT molecular complexity index is 129. The highest BCUT2D eigenvalue weighted by Gasteiger charge is 2.06. The van der Waals surface area contributed by atoms with E-state index in [2.05, 4.69) is 33.1 Å². The van der Waals surface area contributed by atoms with Gasteiger partial charge in [0.25, 0.3) is 0 Å². The van der Waals surface area contributed by atoms with Crippen molar-refractivity contribution in [3.8, 4) is 0 Å². The molecular weight excluding hydrogens is 235 g/mol. The highest BCUT2D eigenvalue weighted by Crippen LogP contribution is 1.96. The van der Waals surface area contributed by atoms with Gasteiger partial charge in [0.15, 0.2) is 0 Å². The molecule has 0 aromatic carbocycles. The molecule has 0 saturated carbocycles. The molecule has 0 spiro atoms. The van der Waals surface area contributed by atoms with E-state index in [1.54, 1.807) is 0 Å². The molecule has 0 aliphatic rings. The van der Waals surface area contributed by atoms with Crippen LogP contribution in [0.2, 0.25) is 0 Å². The van der Waals surface area contributed by atoms with Crippen molar-refractivity contribution in [1.29, 1.82) is 0 Å². The van der Waals surface area contributed by atoms with Crippen LogP contribution in [-0.2, 0) is 0 Å². The fraction of sp³-hybridized carbons (Fsp3) is 1.00. The van der Waals surface area contributed by atoms with Crippen molar-refractivity contribution in [2.75, 3.05) is 54.4 Å². The zero-order valence-electron chi connectivity index (χ0n) is 10.4. The molecule has 0 heterocycles. The average Bonchev–Trinajstić information content (AvgIpc) is 1.98. The lowest BCUT2D eigenvalue weighted by Crippen LogP contribution is -3.00. The lowest BCUT2D eigenvalue weighted by molar-refractivity contribution is -0.870. The number of rotatable bonds is 7. The fourth-order valence-corrected chi connectivity index (χ4v) is 1.27. The number of aliphatic hydroxyl groups is 1. The van der Waals surface area contributed by atoms with Crippen molar-refractivity contribution >= 4 is 12.4 Å².